The fourth-order valence-electron chi connectivity index (χ4n) is 4.87. The van der Waals surface area contributed by atoms with Gasteiger partial charge in [0, 0.05) is 38.6 Å². The Morgan fingerprint density at radius 2 is 2.00 bits per heavy atom. The lowest BCUT2D eigenvalue weighted by Crippen LogP contribution is -2.43. The van der Waals surface area contributed by atoms with Crippen LogP contribution in [-0.4, -0.2) is 61.6 Å². The molecule has 2 aliphatic heterocycles. The van der Waals surface area contributed by atoms with Crippen LogP contribution in [0.25, 0.3) is 0 Å². The smallest absolute Gasteiger partial charge is 0.226 e. The third-order valence-corrected chi connectivity index (χ3v) is 6.51. The minimum absolute atomic E-state index is 0.312. The molecule has 4 aliphatic rings. The van der Waals surface area contributed by atoms with Crippen molar-refractivity contribution in [2.75, 3.05) is 45.9 Å². The molecule has 1 amide bonds. The van der Waals surface area contributed by atoms with E-state index in [0.29, 0.717) is 42.8 Å². The number of hydrogen-bond acceptors (Lipinski definition) is 3. The molecule has 3 fully saturated rings. The Hall–Kier alpha value is -1.13. The van der Waals surface area contributed by atoms with E-state index in [9.17, 15) is 4.79 Å². The highest BCUT2D eigenvalue weighted by atomic mass is 16.5. The van der Waals surface area contributed by atoms with Crippen molar-refractivity contribution in [2.24, 2.45) is 23.7 Å². The number of allylic oxidation sites excluding steroid dienone is 2. The number of rotatable bonds is 4. The zero-order chi connectivity index (χ0) is 16.7. The van der Waals surface area contributed by atoms with Gasteiger partial charge in [-0.3, -0.25) is 9.69 Å². The molecule has 4 nitrogen and oxygen atoms in total. The first-order chi connectivity index (χ1) is 11.6. The van der Waals surface area contributed by atoms with Gasteiger partial charge in [0.15, 0.2) is 0 Å². The number of carbonyl (C=O) groups is 1. The van der Waals surface area contributed by atoms with Crippen LogP contribution in [0.2, 0.25) is 0 Å². The van der Waals surface area contributed by atoms with E-state index in [1.165, 1.54) is 24.8 Å². The normalized spacial score (nSPS) is 36.2. The molecule has 4 heteroatoms. The van der Waals surface area contributed by atoms with Gasteiger partial charge in [0.1, 0.15) is 0 Å². The van der Waals surface area contributed by atoms with E-state index in [1.807, 2.05) is 4.90 Å². The van der Waals surface area contributed by atoms with Crippen LogP contribution in [0.15, 0.2) is 23.8 Å². The number of hydrogen-bond donors (Lipinski definition) is 0. The van der Waals surface area contributed by atoms with Gasteiger partial charge in [-0.05, 0) is 43.9 Å². The van der Waals surface area contributed by atoms with E-state index >= 15 is 0 Å². The van der Waals surface area contributed by atoms with Gasteiger partial charge in [-0.2, -0.15) is 0 Å². The molecule has 3 unspecified atom stereocenters. The van der Waals surface area contributed by atoms with Gasteiger partial charge in [-0.1, -0.05) is 23.8 Å². The molecule has 1 saturated carbocycles. The third-order valence-electron chi connectivity index (χ3n) is 6.51. The first kappa shape index (κ1) is 16.3. The molecular formula is C20H30N2O2. The Balaban J connectivity index is 1.24. The summed E-state index contributed by atoms with van der Waals surface area (Å²) in [5.74, 6) is 2.64. The lowest BCUT2D eigenvalue weighted by Gasteiger charge is -2.29. The monoisotopic (exact) mass is 330 g/mol. The van der Waals surface area contributed by atoms with Crippen molar-refractivity contribution in [1.82, 2.24) is 9.80 Å². The van der Waals surface area contributed by atoms with Crippen molar-refractivity contribution >= 4 is 5.91 Å². The summed E-state index contributed by atoms with van der Waals surface area (Å²) in [5.41, 5.74) is 2.93. The predicted octanol–water partition coefficient (Wildman–Crippen LogP) is 2.33. The van der Waals surface area contributed by atoms with Crippen LogP contribution in [0.1, 0.15) is 26.2 Å². The highest BCUT2D eigenvalue weighted by molar-refractivity contribution is 5.82. The summed E-state index contributed by atoms with van der Waals surface area (Å²) in [4.78, 5) is 17.2. The van der Waals surface area contributed by atoms with Crippen LogP contribution in [0, 0.1) is 23.7 Å². The molecule has 0 bridgehead atoms. The quantitative estimate of drug-likeness (QED) is 0.742. The van der Waals surface area contributed by atoms with Crippen LogP contribution >= 0.6 is 0 Å². The zero-order valence-corrected chi connectivity index (χ0v) is 14.9. The maximum Gasteiger partial charge on any atom is 0.226 e. The lowest BCUT2D eigenvalue weighted by molar-refractivity contribution is -0.137. The molecule has 2 heterocycles. The standard InChI is InChI=1S/C20H30N2O2/c1-14(2)16-5-3-15(4-6-16)11-21-12-17-18(13-21)19(17)20(23)22-7-9-24-10-8-22/h3,16-19H,1,4-13H2,2H3. The highest BCUT2D eigenvalue weighted by Gasteiger charge is 2.60. The number of nitrogens with zero attached hydrogens (tertiary/aromatic N) is 2. The first-order valence-electron chi connectivity index (χ1n) is 9.55. The lowest BCUT2D eigenvalue weighted by atomic mass is 9.85. The molecule has 132 valence electrons. The molecule has 24 heavy (non-hydrogen) atoms. The molecule has 4 rings (SSSR count). The second-order valence-electron chi connectivity index (χ2n) is 8.17. The van der Waals surface area contributed by atoms with Gasteiger partial charge in [-0.15, -0.1) is 0 Å². The van der Waals surface area contributed by atoms with Crippen molar-refractivity contribution in [3.05, 3.63) is 23.8 Å². The van der Waals surface area contributed by atoms with E-state index in [2.05, 4.69) is 24.5 Å². The Morgan fingerprint density at radius 1 is 1.29 bits per heavy atom. The topological polar surface area (TPSA) is 32.8 Å². The van der Waals surface area contributed by atoms with Crippen molar-refractivity contribution in [1.29, 1.82) is 0 Å². The molecule has 0 N–H and O–H groups in total. The van der Waals surface area contributed by atoms with Crippen LogP contribution in [0.5, 0.6) is 0 Å². The van der Waals surface area contributed by atoms with E-state index < -0.39 is 0 Å². The SMILES string of the molecule is C=C(C)C1CC=C(CN2CC3C(C2)C3C(=O)N2CCOCC2)CC1. The number of ether oxygens (including phenoxy) is 1. The van der Waals surface area contributed by atoms with Gasteiger partial charge in [0.25, 0.3) is 0 Å². The molecule has 3 atom stereocenters. The number of morpholine rings is 1. The highest BCUT2D eigenvalue weighted by Crippen LogP contribution is 2.52. The van der Waals surface area contributed by atoms with Crippen LogP contribution < -0.4 is 0 Å². The molecule has 2 saturated heterocycles. The Morgan fingerprint density at radius 3 is 2.58 bits per heavy atom. The maximum absolute atomic E-state index is 12.6. The van der Waals surface area contributed by atoms with Crippen molar-refractivity contribution in [2.45, 2.75) is 26.2 Å². The Kier molecular flexibility index (Phi) is 4.52. The fourth-order valence-corrected chi connectivity index (χ4v) is 4.87. The molecule has 0 spiro atoms. The summed E-state index contributed by atoms with van der Waals surface area (Å²) in [6, 6.07) is 0. The average Bonchev–Trinajstić information content (AvgIpc) is 3.10. The first-order valence-corrected chi connectivity index (χ1v) is 9.55. The van der Waals surface area contributed by atoms with Gasteiger partial charge in [0.05, 0.1) is 13.2 Å². The summed E-state index contributed by atoms with van der Waals surface area (Å²) >= 11 is 0. The van der Waals surface area contributed by atoms with E-state index in [1.54, 1.807) is 5.57 Å². The van der Waals surface area contributed by atoms with E-state index in [0.717, 1.165) is 32.7 Å². The molecule has 0 aromatic heterocycles. The number of likely N-dealkylation sites (tertiary alicyclic amines) is 1. The summed E-state index contributed by atoms with van der Waals surface area (Å²) in [6.07, 6.45) is 6.10. The van der Waals surface area contributed by atoms with Crippen LogP contribution in [0.3, 0.4) is 0 Å². The summed E-state index contributed by atoms with van der Waals surface area (Å²) in [7, 11) is 0. The predicted molar refractivity (Wildman–Crippen MR) is 94.5 cm³/mol. The second kappa shape index (κ2) is 6.64. The Labute approximate surface area is 145 Å². The Bertz CT molecular complexity index is 538. The van der Waals surface area contributed by atoms with Crippen molar-refractivity contribution < 1.29 is 9.53 Å². The van der Waals surface area contributed by atoms with Gasteiger partial charge >= 0.3 is 0 Å². The third kappa shape index (κ3) is 3.18. The minimum atomic E-state index is 0.312. The van der Waals surface area contributed by atoms with Gasteiger partial charge in [0.2, 0.25) is 5.91 Å². The molecule has 0 aromatic carbocycles. The number of carbonyl (C=O) groups excluding carboxylic acids is 1. The van der Waals surface area contributed by atoms with Crippen LogP contribution in [0.4, 0.5) is 0 Å². The number of fused-ring (bicyclic) bond motifs is 1. The number of amides is 1. The molecular weight excluding hydrogens is 300 g/mol. The fraction of sp³-hybridized carbons (Fsp3) is 0.750. The van der Waals surface area contributed by atoms with Crippen LogP contribution in [-0.2, 0) is 9.53 Å². The molecule has 0 aromatic rings. The van der Waals surface area contributed by atoms with Gasteiger partial charge < -0.3 is 9.64 Å². The maximum atomic E-state index is 12.6. The average molecular weight is 330 g/mol. The van der Waals surface area contributed by atoms with E-state index in [-0.39, 0.29) is 0 Å². The zero-order valence-electron chi connectivity index (χ0n) is 14.9. The molecule has 0 radical (unpaired) electrons. The summed E-state index contributed by atoms with van der Waals surface area (Å²) in [5, 5.41) is 0. The van der Waals surface area contributed by atoms with Crippen molar-refractivity contribution in [3.8, 4) is 0 Å². The minimum Gasteiger partial charge on any atom is -0.378 e. The molecule has 2 aliphatic carbocycles. The second-order valence-corrected chi connectivity index (χ2v) is 8.17. The summed E-state index contributed by atoms with van der Waals surface area (Å²) < 4.78 is 5.35. The largest absolute Gasteiger partial charge is 0.378 e. The van der Waals surface area contributed by atoms with Crippen molar-refractivity contribution in [3.63, 3.8) is 0 Å². The summed E-state index contributed by atoms with van der Waals surface area (Å²) in [6.45, 7) is 12.6. The van der Waals surface area contributed by atoms with Gasteiger partial charge in [-0.25, -0.2) is 0 Å². The number of piperidine rings is 1. The van der Waals surface area contributed by atoms with E-state index in [4.69, 9.17) is 4.74 Å².